The number of thiocarbonyl (C=S) groups is 1. The van der Waals surface area contributed by atoms with Gasteiger partial charge in [-0.1, -0.05) is 18.2 Å². The molecule has 1 aliphatic rings. The molecule has 2 aromatic rings. The van der Waals surface area contributed by atoms with Crippen LogP contribution < -0.4 is 14.8 Å². The summed E-state index contributed by atoms with van der Waals surface area (Å²) in [5.41, 5.74) is 3.57. The van der Waals surface area contributed by atoms with Crippen molar-refractivity contribution in [2.24, 2.45) is 0 Å². The molecule has 2 N–H and O–H groups in total. The minimum absolute atomic E-state index is 0.0368. The summed E-state index contributed by atoms with van der Waals surface area (Å²) in [5, 5.41) is 2.94. The molecule has 27 heavy (non-hydrogen) atoms. The van der Waals surface area contributed by atoms with Crippen LogP contribution in [-0.2, 0) is 16.4 Å². The fourth-order valence-electron chi connectivity index (χ4n) is 3.50. The molecule has 5 nitrogen and oxygen atoms in total. The van der Waals surface area contributed by atoms with E-state index in [1.165, 1.54) is 0 Å². The highest BCUT2D eigenvalue weighted by Crippen LogP contribution is 2.43. The Hall–Kier alpha value is -2.12. The summed E-state index contributed by atoms with van der Waals surface area (Å²) in [6.07, 6.45) is 0.671. The second-order valence-corrected chi connectivity index (χ2v) is 9.50. The maximum atomic E-state index is 13.1. The summed E-state index contributed by atoms with van der Waals surface area (Å²) in [5.74, 6) is 0.805. The van der Waals surface area contributed by atoms with Crippen LogP contribution in [0, 0.1) is 20.8 Å². The third-order valence-electron chi connectivity index (χ3n) is 4.82. The fraction of sp³-hybridized carbons (Fsp3) is 0.350. The van der Waals surface area contributed by atoms with Gasteiger partial charge in [0, 0.05) is 17.7 Å². The highest BCUT2D eigenvalue weighted by Gasteiger charge is 2.36. The number of rotatable bonds is 3. The van der Waals surface area contributed by atoms with Gasteiger partial charge in [0.15, 0.2) is 5.11 Å². The van der Waals surface area contributed by atoms with Crippen molar-refractivity contribution in [3.8, 4) is 5.75 Å². The number of anilines is 1. The molecule has 0 aromatic heterocycles. The number of para-hydroxylation sites is 1. The van der Waals surface area contributed by atoms with Crippen LogP contribution in [0.1, 0.15) is 36.1 Å². The van der Waals surface area contributed by atoms with Crippen molar-refractivity contribution in [3.05, 3.63) is 52.6 Å². The first-order valence-corrected chi connectivity index (χ1v) is 10.6. The molecule has 0 radical (unpaired) electrons. The maximum absolute atomic E-state index is 13.1. The number of hydrogen-bond donors (Lipinski definition) is 2. The van der Waals surface area contributed by atoms with E-state index >= 15 is 0 Å². The number of nitrogens with one attached hydrogen (secondary N) is 2. The van der Waals surface area contributed by atoms with Crippen LogP contribution in [0.25, 0.3) is 0 Å². The number of hydrogen-bond acceptors (Lipinski definition) is 4. The molecule has 1 heterocycles. The summed E-state index contributed by atoms with van der Waals surface area (Å²) in [6, 6.07) is 9.20. The molecule has 0 amide bonds. The highest BCUT2D eigenvalue weighted by molar-refractivity contribution is 7.92. The third-order valence-corrected chi connectivity index (χ3v) is 6.78. The number of ether oxygens (including phenoxy) is 1. The maximum Gasteiger partial charge on any atom is 0.264 e. The molecule has 1 aliphatic heterocycles. The Balaban J connectivity index is 1.96. The zero-order chi connectivity index (χ0) is 20.0. The van der Waals surface area contributed by atoms with E-state index in [0.29, 0.717) is 17.5 Å². The van der Waals surface area contributed by atoms with Gasteiger partial charge in [0.2, 0.25) is 0 Å². The molecule has 2 aromatic carbocycles. The molecule has 0 bridgehead atoms. The van der Waals surface area contributed by atoms with E-state index in [-0.39, 0.29) is 15.6 Å². The number of benzene rings is 2. The van der Waals surface area contributed by atoms with Crippen LogP contribution in [0.5, 0.6) is 5.75 Å². The fourth-order valence-corrected chi connectivity index (χ4v) is 5.43. The Morgan fingerprint density at radius 2 is 1.70 bits per heavy atom. The Labute approximate surface area is 166 Å². The molecule has 0 aliphatic carbocycles. The van der Waals surface area contributed by atoms with Crippen LogP contribution in [0.2, 0.25) is 0 Å². The lowest BCUT2D eigenvalue weighted by Gasteiger charge is -2.19. The zero-order valence-electron chi connectivity index (χ0n) is 16.1. The monoisotopic (exact) mass is 404 g/mol. The molecule has 0 unspecified atom stereocenters. The van der Waals surface area contributed by atoms with Crippen LogP contribution >= 0.6 is 12.2 Å². The van der Waals surface area contributed by atoms with Gasteiger partial charge in [-0.05, 0) is 75.7 Å². The molecule has 0 spiro atoms. The van der Waals surface area contributed by atoms with Crippen molar-refractivity contribution in [3.63, 3.8) is 0 Å². The summed E-state index contributed by atoms with van der Waals surface area (Å²) in [6.45, 7) is 9.55. The molecule has 0 fully saturated rings. The van der Waals surface area contributed by atoms with Crippen molar-refractivity contribution in [1.29, 1.82) is 0 Å². The predicted octanol–water partition coefficient (Wildman–Crippen LogP) is 4.00. The predicted molar refractivity (Wildman–Crippen MR) is 112 cm³/mol. The average Bonchev–Trinajstić information content (AvgIpc) is 2.89. The Kier molecular flexibility index (Phi) is 4.94. The van der Waals surface area contributed by atoms with E-state index in [9.17, 15) is 8.42 Å². The lowest BCUT2D eigenvalue weighted by molar-refractivity contribution is 0.137. The van der Waals surface area contributed by atoms with Crippen molar-refractivity contribution >= 4 is 33.0 Å². The minimum Gasteiger partial charge on any atom is -0.487 e. The summed E-state index contributed by atoms with van der Waals surface area (Å²) < 4.78 is 34.8. The van der Waals surface area contributed by atoms with Gasteiger partial charge in [-0.3, -0.25) is 4.72 Å². The Morgan fingerprint density at radius 1 is 1.07 bits per heavy atom. The molecular weight excluding hydrogens is 380 g/mol. The lowest BCUT2D eigenvalue weighted by Crippen LogP contribution is -2.35. The molecule has 0 saturated heterocycles. The molecule has 3 rings (SSSR count). The van der Waals surface area contributed by atoms with Gasteiger partial charge in [-0.2, -0.15) is 0 Å². The van der Waals surface area contributed by atoms with Crippen molar-refractivity contribution in [1.82, 2.24) is 4.72 Å². The van der Waals surface area contributed by atoms with Gasteiger partial charge in [0.25, 0.3) is 10.0 Å². The van der Waals surface area contributed by atoms with Crippen LogP contribution in [0.4, 0.5) is 5.69 Å². The third kappa shape index (κ3) is 3.80. The van der Waals surface area contributed by atoms with Gasteiger partial charge >= 0.3 is 0 Å². The van der Waals surface area contributed by atoms with Gasteiger partial charge in [-0.15, -0.1) is 0 Å². The van der Waals surface area contributed by atoms with E-state index in [1.54, 1.807) is 6.92 Å². The van der Waals surface area contributed by atoms with Crippen LogP contribution in [0.3, 0.4) is 0 Å². The first-order chi connectivity index (χ1) is 12.5. The quantitative estimate of drug-likeness (QED) is 0.757. The van der Waals surface area contributed by atoms with Gasteiger partial charge < -0.3 is 10.1 Å². The molecule has 7 heteroatoms. The largest absolute Gasteiger partial charge is 0.487 e. The van der Waals surface area contributed by atoms with Crippen LogP contribution in [-0.4, -0.2) is 19.1 Å². The SMILES string of the molecule is Cc1c(C)c(S(=O)(=O)NC(=S)Nc2ccccc2)c(C)c2c1OC(C)(C)C2. The van der Waals surface area contributed by atoms with E-state index in [0.717, 1.165) is 22.6 Å². The van der Waals surface area contributed by atoms with Crippen LogP contribution in [0.15, 0.2) is 35.2 Å². The standard InChI is InChI=1S/C20H24N2O3S2/c1-12-13(2)18(14(3)16-11-20(4,5)25-17(12)16)27(23,24)22-19(26)21-15-9-7-6-8-10-15/h6-10H,11H2,1-5H3,(H2,21,22,26). The number of sulfonamides is 1. The molecule has 0 saturated carbocycles. The lowest BCUT2D eigenvalue weighted by atomic mass is 9.94. The van der Waals surface area contributed by atoms with Crippen molar-refractivity contribution in [2.45, 2.75) is 51.5 Å². The number of fused-ring (bicyclic) bond motifs is 1. The summed E-state index contributed by atoms with van der Waals surface area (Å²) in [7, 11) is -3.83. The van der Waals surface area contributed by atoms with E-state index in [2.05, 4.69) is 10.0 Å². The minimum atomic E-state index is -3.83. The van der Waals surface area contributed by atoms with Gasteiger partial charge in [0.1, 0.15) is 11.4 Å². The van der Waals surface area contributed by atoms with Crippen molar-refractivity contribution < 1.29 is 13.2 Å². The Bertz CT molecular complexity index is 1010. The second-order valence-electron chi connectivity index (χ2n) is 7.48. The zero-order valence-corrected chi connectivity index (χ0v) is 17.8. The highest BCUT2D eigenvalue weighted by atomic mass is 32.2. The van der Waals surface area contributed by atoms with E-state index in [1.807, 2.05) is 58.0 Å². The normalized spacial score (nSPS) is 15.0. The molecule has 144 valence electrons. The summed E-state index contributed by atoms with van der Waals surface area (Å²) in [4.78, 5) is 0.275. The molecular formula is C20H24N2O3S2. The Morgan fingerprint density at radius 3 is 2.33 bits per heavy atom. The second kappa shape index (κ2) is 6.80. The topological polar surface area (TPSA) is 67.4 Å². The average molecular weight is 405 g/mol. The van der Waals surface area contributed by atoms with Crippen molar-refractivity contribution in [2.75, 3.05) is 5.32 Å². The van der Waals surface area contributed by atoms with E-state index in [4.69, 9.17) is 17.0 Å². The van der Waals surface area contributed by atoms with Gasteiger partial charge in [0.05, 0.1) is 4.90 Å². The van der Waals surface area contributed by atoms with Gasteiger partial charge in [-0.25, -0.2) is 8.42 Å². The smallest absolute Gasteiger partial charge is 0.264 e. The first kappa shape index (κ1) is 19.6. The molecule has 0 atom stereocenters. The van der Waals surface area contributed by atoms with E-state index < -0.39 is 10.0 Å². The summed E-state index contributed by atoms with van der Waals surface area (Å²) >= 11 is 5.21. The first-order valence-electron chi connectivity index (χ1n) is 8.72.